The van der Waals surface area contributed by atoms with Crippen LogP contribution in [0.5, 0.6) is 0 Å². The zero-order valence-electron chi connectivity index (χ0n) is 23.5. The van der Waals surface area contributed by atoms with E-state index in [-0.39, 0.29) is 0 Å². The van der Waals surface area contributed by atoms with Crippen LogP contribution in [-0.4, -0.2) is 0 Å². The number of hydrogen-bond donors (Lipinski definition) is 0. The Morgan fingerprint density at radius 3 is 1.51 bits per heavy atom. The van der Waals surface area contributed by atoms with E-state index in [1.54, 1.807) is 11.8 Å². The summed E-state index contributed by atoms with van der Waals surface area (Å²) in [5, 5.41) is 5.13. The lowest BCUT2D eigenvalue weighted by atomic mass is 10.0. The summed E-state index contributed by atoms with van der Waals surface area (Å²) in [6.07, 6.45) is 11.4. The van der Waals surface area contributed by atoms with Crippen LogP contribution in [-0.2, 0) is 15.6 Å². The lowest BCUT2D eigenvalue weighted by Gasteiger charge is -2.26. The fraction of sp³-hybridized carbons (Fsp3) is 0.0526. The van der Waals surface area contributed by atoms with Crippen molar-refractivity contribution in [1.29, 1.82) is 0 Å². The molecule has 210 valence electrons. The zero-order valence-corrected chi connectivity index (χ0v) is 26.1. The Morgan fingerprint density at radius 1 is 0.488 bits per heavy atom. The fourth-order valence-electron chi connectivity index (χ4n) is 5.96. The summed E-state index contributed by atoms with van der Waals surface area (Å²) < 4.78 is 30.2. The Labute approximate surface area is 257 Å². The van der Waals surface area contributed by atoms with Crippen molar-refractivity contribution in [2.75, 3.05) is 0 Å². The van der Waals surface area contributed by atoms with E-state index in [0.29, 0.717) is 12.8 Å². The molecular weight excluding hydrogens is 582 g/mol. The van der Waals surface area contributed by atoms with Gasteiger partial charge in [0.2, 0.25) is 0 Å². The molecule has 0 saturated carbocycles. The lowest BCUT2D eigenvalue weighted by Crippen LogP contribution is -2.25. The van der Waals surface area contributed by atoms with Gasteiger partial charge in [0.05, 0.1) is 0 Å². The van der Waals surface area contributed by atoms with Crippen molar-refractivity contribution in [2.45, 2.75) is 22.6 Å². The third kappa shape index (κ3) is 5.07. The van der Waals surface area contributed by atoms with Crippen molar-refractivity contribution in [3.8, 4) is 0 Å². The van der Waals surface area contributed by atoms with Gasteiger partial charge in [-0.2, -0.15) is 0 Å². The molecule has 1 aliphatic heterocycles. The van der Waals surface area contributed by atoms with E-state index in [0.717, 1.165) is 43.0 Å². The van der Waals surface area contributed by atoms with Crippen LogP contribution >= 0.6 is 26.0 Å². The highest BCUT2D eigenvalue weighted by atomic mass is 32.2. The molecule has 1 atom stereocenters. The second kappa shape index (κ2) is 11.7. The standard InChI is InChI=1S/C38H30O2P2S/c39-41(32-16-8-3-9-17-32,31-14-6-1-2-7-15-31)35-22-24-37-29(27-35)26-30-28-36(23-25-38(30)43-37)42(40,33-18-10-4-11-19-33)34-20-12-5-13-21-34/h1-14,16-25,27-28H,15,26H2. The molecule has 43 heavy (non-hydrogen) atoms. The summed E-state index contributed by atoms with van der Waals surface area (Å²) in [6, 6.07) is 42.1. The van der Waals surface area contributed by atoms with Gasteiger partial charge in [0.15, 0.2) is 14.3 Å². The fourth-order valence-corrected chi connectivity index (χ4v) is 12.5. The van der Waals surface area contributed by atoms with Crippen LogP contribution < -0.4 is 26.5 Å². The van der Waals surface area contributed by atoms with Crippen LogP contribution in [0.15, 0.2) is 173 Å². The highest BCUT2D eigenvalue weighted by Gasteiger charge is 2.34. The lowest BCUT2D eigenvalue weighted by molar-refractivity contribution is 0.590. The first-order valence-electron chi connectivity index (χ1n) is 14.4. The van der Waals surface area contributed by atoms with Gasteiger partial charge >= 0.3 is 0 Å². The molecule has 1 unspecified atom stereocenters. The van der Waals surface area contributed by atoms with Crippen LogP contribution in [0.2, 0.25) is 0 Å². The Balaban J connectivity index is 1.32. The molecule has 2 aliphatic rings. The van der Waals surface area contributed by atoms with E-state index in [1.807, 2.05) is 121 Å². The first kappa shape index (κ1) is 27.9. The van der Waals surface area contributed by atoms with E-state index in [1.165, 1.54) is 9.79 Å². The Hall–Kier alpha value is -3.87. The van der Waals surface area contributed by atoms with E-state index in [9.17, 15) is 0 Å². The van der Waals surface area contributed by atoms with Crippen molar-refractivity contribution in [1.82, 2.24) is 0 Å². The predicted octanol–water partition coefficient (Wildman–Crippen LogP) is 8.10. The summed E-state index contributed by atoms with van der Waals surface area (Å²) in [4.78, 5) is 2.34. The van der Waals surface area contributed by atoms with Crippen LogP contribution in [0.4, 0.5) is 0 Å². The van der Waals surface area contributed by atoms with Gasteiger partial charge in [-0.25, -0.2) is 0 Å². The van der Waals surface area contributed by atoms with Gasteiger partial charge < -0.3 is 9.13 Å². The van der Waals surface area contributed by atoms with Gasteiger partial charge in [-0.15, -0.1) is 0 Å². The Kier molecular flexibility index (Phi) is 7.58. The summed E-state index contributed by atoms with van der Waals surface area (Å²) in [6.45, 7) is 0. The van der Waals surface area contributed by atoms with Crippen LogP contribution in [0.3, 0.4) is 0 Å². The molecule has 0 N–H and O–H groups in total. The van der Waals surface area contributed by atoms with Crippen LogP contribution in [0.1, 0.15) is 17.5 Å². The molecule has 0 spiro atoms. The number of hydrogen-bond acceptors (Lipinski definition) is 3. The summed E-state index contributed by atoms with van der Waals surface area (Å²) in [5.41, 5.74) is 2.30. The molecule has 5 aromatic carbocycles. The topological polar surface area (TPSA) is 34.1 Å². The molecule has 0 aromatic heterocycles. The van der Waals surface area contributed by atoms with E-state index < -0.39 is 14.3 Å². The van der Waals surface area contributed by atoms with Crippen LogP contribution in [0, 0.1) is 0 Å². The number of rotatable bonds is 6. The average molecular weight is 613 g/mol. The molecule has 0 radical (unpaired) electrons. The second-order valence-corrected chi connectivity index (χ2v) is 17.4. The highest BCUT2D eigenvalue weighted by Crippen LogP contribution is 2.54. The summed E-state index contributed by atoms with van der Waals surface area (Å²) >= 11 is 1.73. The number of benzene rings is 5. The molecule has 5 aromatic rings. The Bertz CT molecular complexity index is 1950. The molecule has 0 saturated heterocycles. The van der Waals surface area contributed by atoms with Gasteiger partial charge in [0, 0.05) is 41.6 Å². The Morgan fingerprint density at radius 2 is 0.977 bits per heavy atom. The molecule has 2 nitrogen and oxygen atoms in total. The largest absolute Gasteiger partial charge is 0.309 e. The molecular formula is C38H30O2P2S. The van der Waals surface area contributed by atoms with E-state index in [2.05, 4.69) is 36.4 Å². The quantitative estimate of drug-likeness (QED) is 0.178. The first-order chi connectivity index (χ1) is 21.1. The maximum Gasteiger partial charge on any atom is 0.171 e. The van der Waals surface area contributed by atoms with Gasteiger partial charge in [-0.05, 0) is 60.4 Å². The number of allylic oxidation sites excluding steroid dienone is 6. The maximum absolute atomic E-state index is 15.2. The monoisotopic (exact) mass is 612 g/mol. The van der Waals surface area contributed by atoms with Crippen molar-refractivity contribution in [2.24, 2.45) is 0 Å². The number of fused-ring (bicyclic) bond motifs is 2. The summed E-state index contributed by atoms with van der Waals surface area (Å²) in [7, 11) is -6.15. The van der Waals surface area contributed by atoms with Gasteiger partial charge in [-0.3, -0.25) is 0 Å². The van der Waals surface area contributed by atoms with Crippen molar-refractivity contribution in [3.63, 3.8) is 0 Å². The van der Waals surface area contributed by atoms with E-state index >= 15 is 9.13 Å². The average Bonchev–Trinajstić information content (AvgIpc) is 3.37. The third-order valence-corrected chi connectivity index (χ3v) is 15.6. The molecule has 1 heterocycles. The minimum absolute atomic E-state index is 0.644. The van der Waals surface area contributed by atoms with Crippen molar-refractivity contribution < 1.29 is 9.13 Å². The highest BCUT2D eigenvalue weighted by molar-refractivity contribution is 7.99. The van der Waals surface area contributed by atoms with Gasteiger partial charge in [0.25, 0.3) is 0 Å². The second-order valence-electron chi connectivity index (χ2n) is 10.8. The molecule has 0 fully saturated rings. The van der Waals surface area contributed by atoms with Crippen molar-refractivity contribution >= 4 is 52.6 Å². The summed E-state index contributed by atoms with van der Waals surface area (Å²) in [5.74, 6) is 0. The molecule has 1 aliphatic carbocycles. The smallest absolute Gasteiger partial charge is 0.171 e. The first-order valence-corrected chi connectivity index (χ1v) is 18.6. The SMILES string of the molecule is O=P(C1=CC=CC=CC1)(c1ccccc1)c1ccc2c(c1)Cc1cc(P(=O)(c3ccccc3)c3ccccc3)ccc1S2. The normalized spacial score (nSPS) is 15.5. The molecule has 5 heteroatoms. The molecule has 0 bridgehead atoms. The molecule has 0 amide bonds. The van der Waals surface area contributed by atoms with Gasteiger partial charge in [-0.1, -0.05) is 133 Å². The van der Waals surface area contributed by atoms with Crippen molar-refractivity contribution in [3.05, 3.63) is 174 Å². The maximum atomic E-state index is 15.2. The van der Waals surface area contributed by atoms with Crippen LogP contribution in [0.25, 0.3) is 0 Å². The zero-order chi connectivity index (χ0) is 29.3. The minimum atomic E-state index is -3.08. The third-order valence-electron chi connectivity index (χ3n) is 8.15. The minimum Gasteiger partial charge on any atom is -0.309 e. The van der Waals surface area contributed by atoms with Gasteiger partial charge in [0.1, 0.15) is 0 Å². The predicted molar refractivity (Wildman–Crippen MR) is 184 cm³/mol. The molecule has 7 rings (SSSR count). The van der Waals surface area contributed by atoms with E-state index in [4.69, 9.17) is 0 Å².